The Morgan fingerprint density at radius 1 is 1.35 bits per heavy atom. The number of nitro benzene ring substituents is 1. The number of carbonyl (C=O) groups is 1. The summed E-state index contributed by atoms with van der Waals surface area (Å²) in [6.07, 6.45) is 1.69. The number of nitrogens with one attached hydrogen (secondary N) is 2. The molecule has 3 N–H and O–H groups in total. The normalized spacial score (nSPS) is 11.9. The van der Waals surface area contributed by atoms with Crippen LogP contribution in [0.4, 0.5) is 11.4 Å². The Hall–Kier alpha value is -2.94. The zero-order valence-electron chi connectivity index (χ0n) is 13.8. The minimum absolute atomic E-state index is 0.133. The van der Waals surface area contributed by atoms with Crippen molar-refractivity contribution >= 4 is 39.4 Å². The van der Waals surface area contributed by atoms with Crippen molar-refractivity contribution in [1.82, 2.24) is 5.43 Å². The van der Waals surface area contributed by atoms with E-state index in [9.17, 15) is 20.0 Å². The molecule has 0 bridgehead atoms. The number of carbonyl (C=O) groups excluding carboxylic acids is 1. The van der Waals surface area contributed by atoms with Crippen LogP contribution in [0, 0.1) is 10.1 Å². The topological polar surface area (TPSA) is 117 Å². The highest BCUT2D eigenvalue weighted by Gasteiger charge is 2.15. The summed E-state index contributed by atoms with van der Waals surface area (Å²) in [6.45, 7) is 1.85. The summed E-state index contributed by atoms with van der Waals surface area (Å²) in [5, 5.41) is 27.3. The molecule has 26 heavy (non-hydrogen) atoms. The number of rotatable bonds is 7. The van der Waals surface area contributed by atoms with E-state index in [1.807, 2.05) is 31.2 Å². The van der Waals surface area contributed by atoms with Gasteiger partial charge in [-0.2, -0.15) is 5.10 Å². The van der Waals surface area contributed by atoms with Crippen LogP contribution >= 0.6 is 15.9 Å². The lowest BCUT2D eigenvalue weighted by Crippen LogP contribution is -2.36. The maximum atomic E-state index is 12.2. The van der Waals surface area contributed by atoms with Gasteiger partial charge in [0.25, 0.3) is 11.6 Å². The summed E-state index contributed by atoms with van der Waals surface area (Å²) >= 11 is 3.35. The number of phenolic OH excluding ortho intramolecular Hbond substituents is 1. The van der Waals surface area contributed by atoms with Gasteiger partial charge in [-0.3, -0.25) is 14.9 Å². The number of anilines is 1. The largest absolute Gasteiger partial charge is 0.507 e. The zero-order chi connectivity index (χ0) is 19.1. The molecule has 0 saturated heterocycles. The first-order valence-corrected chi connectivity index (χ1v) is 8.52. The number of benzene rings is 2. The first-order valence-electron chi connectivity index (χ1n) is 7.73. The lowest BCUT2D eigenvalue weighted by atomic mass is 10.2. The molecule has 2 rings (SSSR count). The number of halogens is 1. The van der Waals surface area contributed by atoms with Crippen LogP contribution in [0.2, 0.25) is 0 Å². The van der Waals surface area contributed by atoms with Gasteiger partial charge in [-0.25, -0.2) is 5.43 Å². The van der Waals surface area contributed by atoms with Gasteiger partial charge >= 0.3 is 0 Å². The lowest BCUT2D eigenvalue weighted by Gasteiger charge is -2.16. The summed E-state index contributed by atoms with van der Waals surface area (Å²) in [5.41, 5.74) is 3.11. The van der Waals surface area contributed by atoms with Crippen LogP contribution in [-0.4, -0.2) is 28.2 Å². The van der Waals surface area contributed by atoms with Crippen LogP contribution in [-0.2, 0) is 4.79 Å². The van der Waals surface area contributed by atoms with Crippen molar-refractivity contribution in [3.8, 4) is 5.75 Å². The molecule has 0 heterocycles. The molecule has 136 valence electrons. The van der Waals surface area contributed by atoms with Crippen LogP contribution in [0.3, 0.4) is 0 Å². The van der Waals surface area contributed by atoms with Crippen LogP contribution in [0.1, 0.15) is 18.9 Å². The second-order valence-corrected chi connectivity index (χ2v) is 6.26. The van der Waals surface area contributed by atoms with Gasteiger partial charge in [-0.05, 0) is 36.8 Å². The molecule has 0 aliphatic heterocycles. The van der Waals surface area contributed by atoms with Crippen molar-refractivity contribution in [2.24, 2.45) is 5.10 Å². The third kappa shape index (κ3) is 5.28. The van der Waals surface area contributed by atoms with E-state index in [1.165, 1.54) is 18.2 Å². The quantitative estimate of drug-likeness (QED) is 0.360. The first-order chi connectivity index (χ1) is 12.4. The molecular formula is C17H17BrN4O4. The third-order valence-electron chi connectivity index (χ3n) is 3.51. The standard InChI is InChI=1S/C17H17BrN4O4/c1-2-15(20-13-5-3-12(18)4-6-13)17(24)21-19-10-11-9-14(22(25)26)7-8-16(11)23/h3-10,15,20,23H,2H2,1H3,(H,21,24). The molecule has 0 spiro atoms. The number of hydrogen-bond donors (Lipinski definition) is 3. The number of hydrogen-bond acceptors (Lipinski definition) is 6. The number of nitro groups is 1. The number of hydrazone groups is 1. The van der Waals surface area contributed by atoms with Crippen LogP contribution in [0.25, 0.3) is 0 Å². The molecule has 2 aromatic carbocycles. The fourth-order valence-corrected chi connectivity index (χ4v) is 2.37. The monoisotopic (exact) mass is 420 g/mol. The van der Waals surface area contributed by atoms with E-state index in [1.54, 1.807) is 0 Å². The van der Waals surface area contributed by atoms with E-state index in [4.69, 9.17) is 0 Å². The lowest BCUT2D eigenvalue weighted by molar-refractivity contribution is -0.384. The van der Waals surface area contributed by atoms with Crippen molar-refractivity contribution in [1.29, 1.82) is 0 Å². The summed E-state index contributed by atoms with van der Waals surface area (Å²) in [5.74, 6) is -0.537. The predicted octanol–water partition coefficient (Wildman–Crippen LogP) is 3.40. The van der Waals surface area contributed by atoms with Gasteiger partial charge in [-0.1, -0.05) is 22.9 Å². The van der Waals surface area contributed by atoms with E-state index >= 15 is 0 Å². The van der Waals surface area contributed by atoms with Crippen molar-refractivity contribution in [2.75, 3.05) is 5.32 Å². The highest BCUT2D eigenvalue weighted by molar-refractivity contribution is 9.10. The van der Waals surface area contributed by atoms with Crippen molar-refractivity contribution in [2.45, 2.75) is 19.4 Å². The molecule has 0 saturated carbocycles. The fourth-order valence-electron chi connectivity index (χ4n) is 2.10. The molecule has 1 unspecified atom stereocenters. The van der Waals surface area contributed by atoms with Gasteiger partial charge in [0.1, 0.15) is 11.8 Å². The SMILES string of the molecule is CCC(Nc1ccc(Br)cc1)C(=O)NN=Cc1cc([N+](=O)[O-])ccc1O. The molecule has 0 fully saturated rings. The summed E-state index contributed by atoms with van der Waals surface area (Å²) < 4.78 is 0.932. The molecule has 0 radical (unpaired) electrons. The highest BCUT2D eigenvalue weighted by Crippen LogP contribution is 2.21. The Morgan fingerprint density at radius 3 is 2.65 bits per heavy atom. The van der Waals surface area contributed by atoms with E-state index < -0.39 is 11.0 Å². The summed E-state index contributed by atoms with van der Waals surface area (Å²) in [7, 11) is 0. The van der Waals surface area contributed by atoms with Gasteiger partial charge < -0.3 is 10.4 Å². The highest BCUT2D eigenvalue weighted by atomic mass is 79.9. The Labute approximate surface area is 158 Å². The molecule has 8 nitrogen and oxygen atoms in total. The predicted molar refractivity (Wildman–Crippen MR) is 102 cm³/mol. The smallest absolute Gasteiger partial charge is 0.270 e. The van der Waals surface area contributed by atoms with Crippen molar-refractivity contribution in [3.05, 3.63) is 62.6 Å². The molecule has 9 heteroatoms. The minimum atomic E-state index is -0.579. The fraction of sp³-hybridized carbons (Fsp3) is 0.176. The van der Waals surface area contributed by atoms with E-state index in [0.717, 1.165) is 16.4 Å². The number of non-ortho nitro benzene ring substituents is 1. The Balaban J connectivity index is 2.01. The van der Waals surface area contributed by atoms with Crippen molar-refractivity contribution < 1.29 is 14.8 Å². The number of phenols is 1. The molecule has 2 aromatic rings. The maximum absolute atomic E-state index is 12.2. The molecule has 0 aromatic heterocycles. The Kier molecular flexibility index (Phi) is 6.67. The second-order valence-electron chi connectivity index (χ2n) is 5.35. The number of amides is 1. The molecular weight excluding hydrogens is 404 g/mol. The van der Waals surface area contributed by atoms with Crippen molar-refractivity contribution in [3.63, 3.8) is 0 Å². The summed E-state index contributed by atoms with van der Waals surface area (Å²) in [4.78, 5) is 22.4. The van der Waals surface area contributed by atoms with Crippen LogP contribution < -0.4 is 10.7 Å². The Morgan fingerprint density at radius 2 is 2.04 bits per heavy atom. The molecule has 0 aliphatic rings. The minimum Gasteiger partial charge on any atom is -0.507 e. The van der Waals surface area contributed by atoms with Gasteiger partial charge in [0, 0.05) is 27.9 Å². The van der Waals surface area contributed by atoms with Crippen LogP contribution in [0.5, 0.6) is 5.75 Å². The van der Waals surface area contributed by atoms with Crippen LogP contribution in [0.15, 0.2) is 52.0 Å². The van der Waals surface area contributed by atoms with Gasteiger partial charge in [0.15, 0.2) is 0 Å². The third-order valence-corrected chi connectivity index (χ3v) is 4.04. The number of aromatic hydroxyl groups is 1. The van der Waals surface area contributed by atoms with Gasteiger partial charge in [0.05, 0.1) is 11.1 Å². The maximum Gasteiger partial charge on any atom is 0.270 e. The molecule has 1 atom stereocenters. The van der Waals surface area contributed by atoms with Gasteiger partial charge in [-0.15, -0.1) is 0 Å². The average molecular weight is 421 g/mol. The second kappa shape index (κ2) is 8.95. The summed E-state index contributed by atoms with van der Waals surface area (Å²) in [6, 6.07) is 10.4. The van der Waals surface area contributed by atoms with E-state index in [0.29, 0.717) is 6.42 Å². The average Bonchev–Trinajstić information content (AvgIpc) is 2.62. The molecule has 0 aliphatic carbocycles. The van der Waals surface area contributed by atoms with E-state index in [2.05, 4.69) is 31.8 Å². The molecule has 1 amide bonds. The van der Waals surface area contributed by atoms with E-state index in [-0.39, 0.29) is 22.9 Å². The Bertz CT molecular complexity index is 824. The first kappa shape index (κ1) is 19.4. The van der Waals surface area contributed by atoms with Gasteiger partial charge in [0.2, 0.25) is 0 Å². The number of nitrogens with zero attached hydrogens (tertiary/aromatic N) is 2. The zero-order valence-corrected chi connectivity index (χ0v) is 15.4.